The summed E-state index contributed by atoms with van der Waals surface area (Å²) in [5.41, 5.74) is -0.699. The van der Waals surface area contributed by atoms with Crippen molar-refractivity contribution >= 4 is 16.9 Å². The summed E-state index contributed by atoms with van der Waals surface area (Å²) in [6.45, 7) is 7.13. The number of halogens is 3. The number of carboxylic acids is 1. The molecule has 0 aliphatic rings. The lowest BCUT2D eigenvalue weighted by Gasteiger charge is -2.19. The molecule has 0 unspecified atom stereocenters. The van der Waals surface area contributed by atoms with Crippen molar-refractivity contribution in [2.24, 2.45) is 0 Å². The molecule has 1 atom stereocenters. The summed E-state index contributed by atoms with van der Waals surface area (Å²) in [5, 5.41) is 10.6. The van der Waals surface area contributed by atoms with Gasteiger partial charge in [-0.05, 0) is 42.2 Å². The Labute approximate surface area is 181 Å². The molecule has 0 saturated heterocycles. The van der Waals surface area contributed by atoms with E-state index in [0.717, 1.165) is 11.6 Å². The number of ether oxygens (including phenoxy) is 2. The fraction of sp³-hybridized carbons (Fsp3) is 0.304. The minimum Gasteiger partial charge on any atom is -0.546 e. The van der Waals surface area contributed by atoms with Gasteiger partial charge < -0.3 is 23.8 Å². The van der Waals surface area contributed by atoms with E-state index in [4.69, 9.17) is 13.9 Å². The number of carboxylic acid groups (broad SMARTS) is 1. The Hall–Kier alpha value is -3.49. The first-order valence-electron chi connectivity index (χ1n) is 9.61. The van der Waals surface area contributed by atoms with E-state index in [1.165, 1.54) is 31.2 Å². The lowest BCUT2D eigenvalue weighted by Crippen LogP contribution is -2.37. The Morgan fingerprint density at radius 2 is 1.62 bits per heavy atom. The van der Waals surface area contributed by atoms with E-state index >= 15 is 0 Å². The van der Waals surface area contributed by atoms with Gasteiger partial charge in [0.05, 0.1) is 11.4 Å². The zero-order valence-corrected chi connectivity index (χ0v) is 17.7. The van der Waals surface area contributed by atoms with Crippen LogP contribution in [0.2, 0.25) is 0 Å². The minimum atomic E-state index is -5.02. The predicted molar refractivity (Wildman–Crippen MR) is 108 cm³/mol. The number of carbonyl (C=O) groups is 1. The Morgan fingerprint density at radius 1 is 1.03 bits per heavy atom. The van der Waals surface area contributed by atoms with Gasteiger partial charge in [0.25, 0.3) is 5.76 Å². The van der Waals surface area contributed by atoms with Crippen LogP contribution in [-0.2, 0) is 16.4 Å². The van der Waals surface area contributed by atoms with Crippen LogP contribution in [0.3, 0.4) is 0 Å². The van der Waals surface area contributed by atoms with Crippen molar-refractivity contribution in [3.8, 4) is 17.2 Å². The highest BCUT2D eigenvalue weighted by atomic mass is 19.4. The smallest absolute Gasteiger partial charge is 0.453 e. The molecule has 3 aromatic rings. The number of benzene rings is 2. The van der Waals surface area contributed by atoms with Crippen LogP contribution in [0.4, 0.5) is 13.2 Å². The van der Waals surface area contributed by atoms with Crippen molar-refractivity contribution < 1.29 is 37.0 Å². The maximum atomic E-state index is 13.7. The number of alkyl halides is 3. The van der Waals surface area contributed by atoms with Crippen LogP contribution < -0.4 is 20.0 Å². The Kier molecular flexibility index (Phi) is 5.95. The average molecular weight is 449 g/mol. The van der Waals surface area contributed by atoms with Gasteiger partial charge in [0.1, 0.15) is 23.2 Å². The van der Waals surface area contributed by atoms with Crippen molar-refractivity contribution in [2.75, 3.05) is 0 Å². The highest BCUT2D eigenvalue weighted by Crippen LogP contribution is 2.39. The molecular weight excluding hydrogens is 429 g/mol. The van der Waals surface area contributed by atoms with Gasteiger partial charge in [0.2, 0.25) is 11.2 Å². The minimum absolute atomic E-state index is 0.0397. The van der Waals surface area contributed by atoms with E-state index in [1.807, 2.05) is 20.8 Å². The van der Waals surface area contributed by atoms with Gasteiger partial charge in [-0.2, -0.15) is 13.2 Å². The standard InChI is InChI=1S/C23H21F3O6/c1-12(21(28)29)30-15-9-10-16-17(11-15)32-20(23(24,25)26)19(18(16)27)31-14-7-5-13(6-8-14)22(2,3)4/h5-12H,1-4H3,(H,28,29)/p-1/t12-/m0/s1. The zero-order chi connectivity index (χ0) is 23.8. The van der Waals surface area contributed by atoms with Gasteiger partial charge in [-0.15, -0.1) is 0 Å². The van der Waals surface area contributed by atoms with Crippen molar-refractivity contribution in [1.29, 1.82) is 0 Å². The third-order valence-electron chi connectivity index (χ3n) is 4.66. The number of hydrogen-bond acceptors (Lipinski definition) is 6. The maximum absolute atomic E-state index is 13.7. The van der Waals surface area contributed by atoms with Crippen molar-refractivity contribution in [1.82, 2.24) is 0 Å². The summed E-state index contributed by atoms with van der Waals surface area (Å²) < 4.78 is 56.4. The van der Waals surface area contributed by atoms with Gasteiger partial charge in [-0.25, -0.2) is 0 Å². The molecule has 0 aliphatic carbocycles. The number of fused-ring (bicyclic) bond motifs is 1. The Morgan fingerprint density at radius 3 is 2.16 bits per heavy atom. The molecule has 0 saturated carbocycles. The van der Waals surface area contributed by atoms with E-state index in [1.54, 1.807) is 12.1 Å². The average Bonchev–Trinajstić information content (AvgIpc) is 2.68. The van der Waals surface area contributed by atoms with Crippen LogP contribution in [-0.4, -0.2) is 12.1 Å². The Bertz CT molecular complexity index is 1200. The highest BCUT2D eigenvalue weighted by molar-refractivity contribution is 5.80. The van der Waals surface area contributed by atoms with Crippen LogP contribution in [0.5, 0.6) is 17.2 Å². The lowest BCUT2D eigenvalue weighted by atomic mass is 9.87. The third kappa shape index (κ3) is 4.87. The second-order valence-electron chi connectivity index (χ2n) is 8.20. The van der Waals surface area contributed by atoms with Gasteiger partial charge in [0.15, 0.2) is 0 Å². The molecule has 1 heterocycles. The predicted octanol–water partition coefficient (Wildman–Crippen LogP) is 4.42. The summed E-state index contributed by atoms with van der Waals surface area (Å²) in [5.74, 6) is -4.18. The normalized spacial score (nSPS) is 13.1. The molecule has 0 fully saturated rings. The Balaban J connectivity index is 2.08. The monoisotopic (exact) mass is 449 g/mol. The van der Waals surface area contributed by atoms with Crippen LogP contribution in [0.25, 0.3) is 11.0 Å². The van der Waals surface area contributed by atoms with Crippen LogP contribution in [0.15, 0.2) is 51.7 Å². The molecular formula is C23H20F3O6-. The largest absolute Gasteiger partial charge is 0.546 e. The van der Waals surface area contributed by atoms with Crippen molar-refractivity contribution in [2.45, 2.75) is 45.4 Å². The van der Waals surface area contributed by atoms with Crippen molar-refractivity contribution in [3.05, 3.63) is 64.0 Å². The molecule has 9 heteroatoms. The molecule has 32 heavy (non-hydrogen) atoms. The molecule has 1 aromatic heterocycles. The fourth-order valence-corrected chi connectivity index (χ4v) is 2.90. The van der Waals surface area contributed by atoms with E-state index in [0.29, 0.717) is 0 Å². The molecule has 0 amide bonds. The lowest BCUT2D eigenvalue weighted by molar-refractivity contribution is -0.312. The summed E-state index contributed by atoms with van der Waals surface area (Å²) in [6.07, 6.45) is -6.39. The van der Waals surface area contributed by atoms with Crippen molar-refractivity contribution in [3.63, 3.8) is 0 Å². The number of carbonyl (C=O) groups excluding carboxylic acids is 1. The summed E-state index contributed by atoms with van der Waals surface area (Å²) >= 11 is 0. The topological polar surface area (TPSA) is 88.8 Å². The second kappa shape index (κ2) is 8.22. The molecule has 0 radical (unpaired) electrons. The SMILES string of the molecule is C[C@H](Oc1ccc2c(=O)c(Oc3ccc(C(C)(C)C)cc3)c(C(F)(F)F)oc2c1)C(=O)[O-]. The molecule has 170 valence electrons. The van der Waals surface area contributed by atoms with E-state index in [9.17, 15) is 27.9 Å². The molecule has 0 spiro atoms. The first kappa shape index (κ1) is 23.2. The first-order valence-corrected chi connectivity index (χ1v) is 9.61. The van der Waals surface area contributed by atoms with E-state index in [2.05, 4.69) is 0 Å². The van der Waals surface area contributed by atoms with E-state index in [-0.39, 0.29) is 22.3 Å². The second-order valence-corrected chi connectivity index (χ2v) is 8.20. The summed E-state index contributed by atoms with van der Waals surface area (Å²) in [7, 11) is 0. The maximum Gasteiger partial charge on any atom is 0.453 e. The molecule has 0 N–H and O–H groups in total. The number of hydrogen-bond donors (Lipinski definition) is 0. The van der Waals surface area contributed by atoms with Gasteiger partial charge in [0, 0.05) is 6.07 Å². The summed E-state index contributed by atoms with van der Waals surface area (Å²) in [6, 6.07) is 9.78. The molecule has 6 nitrogen and oxygen atoms in total. The molecule has 2 aromatic carbocycles. The van der Waals surface area contributed by atoms with Gasteiger partial charge in [-0.3, -0.25) is 4.79 Å². The third-order valence-corrected chi connectivity index (χ3v) is 4.66. The number of aliphatic carboxylic acids is 1. The van der Waals surface area contributed by atoms with Crippen LogP contribution >= 0.6 is 0 Å². The first-order chi connectivity index (χ1) is 14.8. The molecule has 3 rings (SSSR count). The van der Waals surface area contributed by atoms with E-state index < -0.39 is 40.8 Å². The van der Waals surface area contributed by atoms with Crippen LogP contribution in [0, 0.1) is 0 Å². The zero-order valence-electron chi connectivity index (χ0n) is 17.7. The quantitative estimate of drug-likeness (QED) is 0.573. The van der Waals surface area contributed by atoms with Gasteiger partial charge in [-0.1, -0.05) is 32.9 Å². The number of rotatable bonds is 5. The highest BCUT2D eigenvalue weighted by Gasteiger charge is 2.40. The molecule has 0 aliphatic heterocycles. The van der Waals surface area contributed by atoms with Crippen LogP contribution in [0.1, 0.15) is 39.0 Å². The fourth-order valence-electron chi connectivity index (χ4n) is 2.90. The summed E-state index contributed by atoms with van der Waals surface area (Å²) in [4.78, 5) is 23.7. The van der Waals surface area contributed by atoms with Gasteiger partial charge >= 0.3 is 6.18 Å². The molecule has 0 bridgehead atoms.